The zero-order chi connectivity index (χ0) is 15.5. The lowest BCUT2D eigenvalue weighted by Gasteiger charge is -2.22. The van der Waals surface area contributed by atoms with Crippen LogP contribution in [0.3, 0.4) is 0 Å². The SMILES string of the molecule is CCOCCN(CCOCC)Cc1ccc(CN)cc1F. The number of nitrogens with two attached hydrogens (primary N) is 1. The van der Waals surface area contributed by atoms with Gasteiger partial charge in [-0.05, 0) is 25.5 Å². The van der Waals surface area contributed by atoms with E-state index in [9.17, 15) is 4.39 Å². The van der Waals surface area contributed by atoms with Crippen LogP contribution in [0.4, 0.5) is 4.39 Å². The van der Waals surface area contributed by atoms with Crippen molar-refractivity contribution < 1.29 is 13.9 Å². The summed E-state index contributed by atoms with van der Waals surface area (Å²) in [5.41, 5.74) is 7.01. The van der Waals surface area contributed by atoms with Gasteiger partial charge in [-0.1, -0.05) is 12.1 Å². The van der Waals surface area contributed by atoms with E-state index in [1.165, 1.54) is 6.07 Å². The molecule has 4 nitrogen and oxygen atoms in total. The lowest BCUT2D eigenvalue weighted by molar-refractivity contribution is 0.0793. The summed E-state index contributed by atoms with van der Waals surface area (Å²) in [6, 6.07) is 5.20. The Bertz CT molecular complexity index is 392. The van der Waals surface area contributed by atoms with Crippen LogP contribution < -0.4 is 5.73 Å². The molecule has 1 aromatic rings. The minimum absolute atomic E-state index is 0.198. The smallest absolute Gasteiger partial charge is 0.128 e. The maximum absolute atomic E-state index is 14.0. The molecule has 0 amide bonds. The summed E-state index contributed by atoms with van der Waals surface area (Å²) < 4.78 is 24.8. The molecule has 0 radical (unpaired) electrons. The predicted octanol–water partition coefficient (Wildman–Crippen LogP) is 2.16. The fraction of sp³-hybridized carbons (Fsp3) is 0.625. The van der Waals surface area contributed by atoms with Crippen LogP contribution in [0.2, 0.25) is 0 Å². The molecule has 0 fully saturated rings. The molecule has 0 heterocycles. The van der Waals surface area contributed by atoms with Gasteiger partial charge in [0, 0.05) is 45.0 Å². The van der Waals surface area contributed by atoms with Crippen molar-refractivity contribution in [3.05, 3.63) is 35.1 Å². The normalized spacial score (nSPS) is 11.3. The van der Waals surface area contributed by atoms with E-state index in [0.717, 1.165) is 18.7 Å². The Morgan fingerprint density at radius 3 is 2.19 bits per heavy atom. The predicted molar refractivity (Wildman–Crippen MR) is 82.6 cm³/mol. The number of hydrogen-bond acceptors (Lipinski definition) is 4. The first-order valence-corrected chi connectivity index (χ1v) is 7.56. The van der Waals surface area contributed by atoms with E-state index in [1.807, 2.05) is 26.0 Å². The van der Waals surface area contributed by atoms with Crippen LogP contribution in [0.1, 0.15) is 25.0 Å². The van der Waals surface area contributed by atoms with E-state index < -0.39 is 0 Å². The molecule has 0 aliphatic heterocycles. The fourth-order valence-corrected chi connectivity index (χ4v) is 2.03. The van der Waals surface area contributed by atoms with E-state index >= 15 is 0 Å². The lowest BCUT2D eigenvalue weighted by Crippen LogP contribution is -2.31. The molecule has 1 rings (SSSR count). The zero-order valence-electron chi connectivity index (χ0n) is 13.1. The van der Waals surface area contributed by atoms with Crippen molar-refractivity contribution >= 4 is 0 Å². The van der Waals surface area contributed by atoms with E-state index in [0.29, 0.717) is 45.1 Å². The summed E-state index contributed by atoms with van der Waals surface area (Å²) in [6.45, 7) is 9.05. The van der Waals surface area contributed by atoms with Gasteiger partial charge in [0.05, 0.1) is 13.2 Å². The van der Waals surface area contributed by atoms with E-state index in [-0.39, 0.29) is 5.82 Å². The molecule has 1 aromatic carbocycles. The van der Waals surface area contributed by atoms with E-state index in [1.54, 1.807) is 0 Å². The third-order valence-electron chi connectivity index (χ3n) is 3.26. The molecule has 0 spiro atoms. The molecule has 2 N–H and O–H groups in total. The first-order valence-electron chi connectivity index (χ1n) is 7.56. The van der Waals surface area contributed by atoms with Crippen molar-refractivity contribution in [2.45, 2.75) is 26.9 Å². The molecular weight excluding hydrogens is 271 g/mol. The summed E-state index contributed by atoms with van der Waals surface area (Å²) in [6.07, 6.45) is 0. The van der Waals surface area contributed by atoms with Gasteiger partial charge in [0.1, 0.15) is 5.82 Å². The van der Waals surface area contributed by atoms with Crippen molar-refractivity contribution in [3.63, 3.8) is 0 Å². The summed E-state index contributed by atoms with van der Waals surface area (Å²) in [5.74, 6) is -0.198. The van der Waals surface area contributed by atoms with Gasteiger partial charge in [-0.25, -0.2) is 4.39 Å². The molecule has 0 aliphatic carbocycles. The Morgan fingerprint density at radius 2 is 1.71 bits per heavy atom. The van der Waals surface area contributed by atoms with Gasteiger partial charge in [0.2, 0.25) is 0 Å². The van der Waals surface area contributed by atoms with Crippen LogP contribution in [0.25, 0.3) is 0 Å². The third kappa shape index (κ3) is 7.00. The highest BCUT2D eigenvalue weighted by Crippen LogP contribution is 2.13. The lowest BCUT2D eigenvalue weighted by atomic mass is 10.1. The van der Waals surface area contributed by atoms with Crippen molar-refractivity contribution in [2.24, 2.45) is 5.73 Å². The Morgan fingerprint density at radius 1 is 1.10 bits per heavy atom. The molecule has 0 bridgehead atoms. The van der Waals surface area contributed by atoms with Crippen LogP contribution in [-0.2, 0) is 22.6 Å². The van der Waals surface area contributed by atoms with Crippen LogP contribution in [-0.4, -0.2) is 44.4 Å². The highest BCUT2D eigenvalue weighted by Gasteiger charge is 2.10. The molecule has 0 aliphatic rings. The number of hydrogen-bond donors (Lipinski definition) is 1. The van der Waals surface area contributed by atoms with Crippen LogP contribution in [0.5, 0.6) is 0 Å². The average molecular weight is 298 g/mol. The summed E-state index contributed by atoms with van der Waals surface area (Å²) in [7, 11) is 0. The average Bonchev–Trinajstić information content (AvgIpc) is 2.49. The molecule has 21 heavy (non-hydrogen) atoms. The van der Waals surface area contributed by atoms with Crippen LogP contribution in [0.15, 0.2) is 18.2 Å². The van der Waals surface area contributed by atoms with Gasteiger partial charge < -0.3 is 15.2 Å². The monoisotopic (exact) mass is 298 g/mol. The van der Waals surface area contributed by atoms with Gasteiger partial charge in [0.15, 0.2) is 0 Å². The topological polar surface area (TPSA) is 47.7 Å². The molecule has 0 unspecified atom stereocenters. The van der Waals surface area contributed by atoms with Crippen LogP contribution >= 0.6 is 0 Å². The van der Waals surface area contributed by atoms with Gasteiger partial charge in [-0.15, -0.1) is 0 Å². The van der Waals surface area contributed by atoms with Crippen molar-refractivity contribution in [2.75, 3.05) is 39.5 Å². The Balaban J connectivity index is 2.60. The third-order valence-corrected chi connectivity index (χ3v) is 3.26. The maximum Gasteiger partial charge on any atom is 0.128 e. The first-order chi connectivity index (χ1) is 10.2. The number of benzene rings is 1. The van der Waals surface area contributed by atoms with Crippen molar-refractivity contribution in [1.29, 1.82) is 0 Å². The summed E-state index contributed by atoms with van der Waals surface area (Å²) in [5, 5.41) is 0. The van der Waals surface area contributed by atoms with Crippen molar-refractivity contribution in [1.82, 2.24) is 4.90 Å². The van der Waals surface area contributed by atoms with Crippen molar-refractivity contribution in [3.8, 4) is 0 Å². The molecule has 0 atom stereocenters. The molecular formula is C16H27FN2O2. The van der Waals surface area contributed by atoms with E-state index in [2.05, 4.69) is 4.90 Å². The molecule has 5 heteroatoms. The number of rotatable bonds is 11. The molecule has 0 aromatic heterocycles. The van der Waals surface area contributed by atoms with Crippen LogP contribution in [0, 0.1) is 5.82 Å². The van der Waals surface area contributed by atoms with Gasteiger partial charge in [-0.3, -0.25) is 4.90 Å². The minimum atomic E-state index is -0.198. The number of ether oxygens (including phenoxy) is 2. The second-order valence-corrected chi connectivity index (χ2v) is 4.80. The summed E-state index contributed by atoms with van der Waals surface area (Å²) in [4.78, 5) is 2.14. The minimum Gasteiger partial charge on any atom is -0.380 e. The zero-order valence-corrected chi connectivity index (χ0v) is 13.1. The standard InChI is InChI=1S/C16H27FN2O2/c1-3-20-9-7-19(8-10-21-4-2)13-15-6-5-14(12-18)11-16(15)17/h5-6,11H,3-4,7-10,12-13,18H2,1-2H3. The molecule has 0 saturated heterocycles. The highest BCUT2D eigenvalue weighted by atomic mass is 19.1. The second kappa shape index (κ2) is 10.7. The van der Waals surface area contributed by atoms with E-state index in [4.69, 9.17) is 15.2 Å². The van der Waals surface area contributed by atoms with Gasteiger partial charge >= 0.3 is 0 Å². The molecule has 0 saturated carbocycles. The second-order valence-electron chi connectivity index (χ2n) is 4.80. The Labute approximate surface area is 127 Å². The molecule has 120 valence electrons. The maximum atomic E-state index is 14.0. The Hall–Kier alpha value is -1.01. The summed E-state index contributed by atoms with van der Waals surface area (Å²) >= 11 is 0. The fourth-order valence-electron chi connectivity index (χ4n) is 2.03. The quantitative estimate of drug-likeness (QED) is 0.636. The van der Waals surface area contributed by atoms with Gasteiger partial charge in [0.25, 0.3) is 0 Å². The number of halogens is 1. The Kier molecular flexibility index (Phi) is 9.17. The largest absolute Gasteiger partial charge is 0.380 e. The van der Waals surface area contributed by atoms with Gasteiger partial charge in [-0.2, -0.15) is 0 Å². The first kappa shape index (κ1) is 18.0. The number of nitrogens with zero attached hydrogens (tertiary/aromatic N) is 1. The highest BCUT2D eigenvalue weighted by molar-refractivity contribution is 5.24.